The third kappa shape index (κ3) is 2.63. The van der Waals surface area contributed by atoms with Gasteiger partial charge in [-0.1, -0.05) is 36.2 Å². The van der Waals surface area contributed by atoms with Gasteiger partial charge in [-0.2, -0.15) is 0 Å². The Kier molecular flexibility index (Phi) is 3.84. The number of aromatic amines is 1. The molecule has 94 valence electrons. The summed E-state index contributed by atoms with van der Waals surface area (Å²) in [5, 5.41) is 9.75. The van der Waals surface area contributed by atoms with Gasteiger partial charge in [-0.15, -0.1) is 5.10 Å². The highest BCUT2D eigenvalue weighted by Crippen LogP contribution is 2.29. The molecule has 0 radical (unpaired) electrons. The standard InChI is InChI=1S/C11H10Cl2N4O/c1-2-8-15-10(17-16-8)11(18)14-7-5-3-4-6(12)9(7)13/h3-5H,2H2,1H3,(H,14,18)(H,15,16,17). The summed E-state index contributed by atoms with van der Waals surface area (Å²) in [6, 6.07) is 4.99. The average molecular weight is 285 g/mol. The van der Waals surface area contributed by atoms with E-state index in [9.17, 15) is 4.79 Å². The third-order valence-corrected chi connectivity index (χ3v) is 3.09. The monoisotopic (exact) mass is 284 g/mol. The molecule has 0 saturated carbocycles. The number of hydrogen-bond donors (Lipinski definition) is 2. The normalized spacial score (nSPS) is 10.4. The number of carbonyl (C=O) groups is 1. The summed E-state index contributed by atoms with van der Waals surface area (Å²) in [6.45, 7) is 1.91. The number of carbonyl (C=O) groups excluding carboxylic acids is 1. The maximum atomic E-state index is 11.8. The van der Waals surface area contributed by atoms with Crippen LogP contribution in [0.3, 0.4) is 0 Å². The van der Waals surface area contributed by atoms with Crippen LogP contribution in [0.15, 0.2) is 18.2 Å². The number of nitrogens with one attached hydrogen (secondary N) is 2. The lowest BCUT2D eigenvalue weighted by Crippen LogP contribution is -2.14. The number of aryl methyl sites for hydroxylation is 1. The highest BCUT2D eigenvalue weighted by atomic mass is 35.5. The second-order valence-corrected chi connectivity index (χ2v) is 4.30. The minimum Gasteiger partial charge on any atom is -0.318 e. The van der Waals surface area contributed by atoms with Gasteiger partial charge >= 0.3 is 0 Å². The van der Waals surface area contributed by atoms with Crippen LogP contribution in [0.1, 0.15) is 23.4 Å². The van der Waals surface area contributed by atoms with Gasteiger partial charge in [0.1, 0.15) is 5.82 Å². The first-order valence-electron chi connectivity index (χ1n) is 5.28. The van der Waals surface area contributed by atoms with Gasteiger partial charge in [0.2, 0.25) is 5.82 Å². The largest absolute Gasteiger partial charge is 0.318 e. The van der Waals surface area contributed by atoms with Gasteiger partial charge in [0.05, 0.1) is 15.7 Å². The molecule has 1 aromatic carbocycles. The Hall–Kier alpha value is -1.59. The maximum absolute atomic E-state index is 11.8. The summed E-state index contributed by atoms with van der Waals surface area (Å²) in [6.07, 6.45) is 0.679. The Bertz CT molecular complexity index is 582. The van der Waals surface area contributed by atoms with E-state index in [0.29, 0.717) is 28.0 Å². The molecule has 0 aliphatic carbocycles. The van der Waals surface area contributed by atoms with Gasteiger partial charge in [0.15, 0.2) is 0 Å². The molecule has 1 aromatic heterocycles. The van der Waals surface area contributed by atoms with E-state index in [0.717, 1.165) is 0 Å². The van der Waals surface area contributed by atoms with Crippen LogP contribution in [0.2, 0.25) is 10.0 Å². The summed E-state index contributed by atoms with van der Waals surface area (Å²) in [5.41, 5.74) is 0.428. The van der Waals surface area contributed by atoms with Crippen molar-refractivity contribution in [3.05, 3.63) is 39.9 Å². The summed E-state index contributed by atoms with van der Waals surface area (Å²) in [5.74, 6) is 0.287. The maximum Gasteiger partial charge on any atom is 0.295 e. The van der Waals surface area contributed by atoms with Gasteiger partial charge in [-0.05, 0) is 12.1 Å². The van der Waals surface area contributed by atoms with Crippen molar-refractivity contribution in [3.63, 3.8) is 0 Å². The lowest BCUT2D eigenvalue weighted by atomic mass is 10.3. The van der Waals surface area contributed by atoms with Crippen LogP contribution < -0.4 is 5.32 Å². The van der Waals surface area contributed by atoms with Crippen molar-refractivity contribution >= 4 is 34.8 Å². The lowest BCUT2D eigenvalue weighted by Gasteiger charge is -2.05. The first-order chi connectivity index (χ1) is 8.61. The highest BCUT2D eigenvalue weighted by molar-refractivity contribution is 6.44. The highest BCUT2D eigenvalue weighted by Gasteiger charge is 2.14. The molecule has 18 heavy (non-hydrogen) atoms. The Labute approximate surface area is 114 Å². The third-order valence-electron chi connectivity index (χ3n) is 2.27. The molecular weight excluding hydrogens is 275 g/mol. The summed E-state index contributed by atoms with van der Waals surface area (Å²) in [4.78, 5) is 15.9. The van der Waals surface area contributed by atoms with E-state index in [1.54, 1.807) is 18.2 Å². The molecule has 1 heterocycles. The Morgan fingerprint density at radius 1 is 1.44 bits per heavy atom. The van der Waals surface area contributed by atoms with Gasteiger partial charge in [-0.25, -0.2) is 4.98 Å². The number of anilines is 1. The number of nitrogens with zero attached hydrogens (tertiary/aromatic N) is 2. The van der Waals surface area contributed by atoms with Crippen LogP contribution in [0.5, 0.6) is 0 Å². The Morgan fingerprint density at radius 2 is 2.22 bits per heavy atom. The molecule has 0 atom stereocenters. The van der Waals surface area contributed by atoms with E-state index in [2.05, 4.69) is 20.5 Å². The summed E-state index contributed by atoms with van der Waals surface area (Å²) in [7, 11) is 0. The molecular formula is C11H10Cl2N4O. The SMILES string of the molecule is CCc1nc(C(=O)Nc2cccc(Cl)c2Cl)n[nH]1. The van der Waals surface area contributed by atoms with Crippen LogP contribution in [-0.4, -0.2) is 21.1 Å². The van der Waals surface area contributed by atoms with Crippen molar-refractivity contribution in [2.75, 3.05) is 5.32 Å². The average Bonchev–Trinajstić information content (AvgIpc) is 2.83. The molecule has 0 aliphatic heterocycles. The molecule has 0 bridgehead atoms. The van der Waals surface area contributed by atoms with E-state index >= 15 is 0 Å². The first-order valence-corrected chi connectivity index (χ1v) is 6.04. The molecule has 0 spiro atoms. The number of H-pyrrole nitrogens is 1. The van der Waals surface area contributed by atoms with Gasteiger partial charge in [-0.3, -0.25) is 9.89 Å². The van der Waals surface area contributed by atoms with Gasteiger partial charge in [0, 0.05) is 6.42 Å². The van der Waals surface area contributed by atoms with Gasteiger partial charge in [0.25, 0.3) is 5.91 Å². The number of benzene rings is 1. The lowest BCUT2D eigenvalue weighted by molar-refractivity contribution is 0.101. The van der Waals surface area contributed by atoms with Gasteiger partial charge < -0.3 is 5.32 Å². The van der Waals surface area contributed by atoms with E-state index in [4.69, 9.17) is 23.2 Å². The zero-order valence-corrected chi connectivity index (χ0v) is 11.0. The van der Waals surface area contributed by atoms with Crippen LogP contribution in [0.25, 0.3) is 0 Å². The van der Waals surface area contributed by atoms with Crippen LogP contribution >= 0.6 is 23.2 Å². The number of halogens is 2. The second kappa shape index (κ2) is 5.37. The van der Waals surface area contributed by atoms with Crippen molar-refractivity contribution in [2.24, 2.45) is 0 Å². The molecule has 5 nitrogen and oxygen atoms in total. The van der Waals surface area contributed by atoms with Crippen molar-refractivity contribution in [2.45, 2.75) is 13.3 Å². The minimum atomic E-state index is -0.435. The zero-order chi connectivity index (χ0) is 13.1. The van der Waals surface area contributed by atoms with E-state index < -0.39 is 5.91 Å². The van der Waals surface area contributed by atoms with Crippen LogP contribution in [0.4, 0.5) is 5.69 Å². The fourth-order valence-corrected chi connectivity index (χ4v) is 1.68. The van der Waals surface area contributed by atoms with E-state index in [1.807, 2.05) is 6.92 Å². The predicted octanol–water partition coefficient (Wildman–Crippen LogP) is 2.93. The fraction of sp³-hybridized carbons (Fsp3) is 0.182. The molecule has 0 unspecified atom stereocenters. The van der Waals surface area contributed by atoms with Crippen LogP contribution in [0, 0.1) is 0 Å². The topological polar surface area (TPSA) is 70.7 Å². The smallest absolute Gasteiger partial charge is 0.295 e. The molecule has 2 aromatic rings. The minimum absolute atomic E-state index is 0.0721. The van der Waals surface area contributed by atoms with E-state index in [-0.39, 0.29) is 5.82 Å². The molecule has 0 fully saturated rings. The number of rotatable bonds is 3. The fourth-order valence-electron chi connectivity index (χ4n) is 1.33. The van der Waals surface area contributed by atoms with E-state index in [1.165, 1.54) is 0 Å². The van der Waals surface area contributed by atoms with Crippen molar-refractivity contribution < 1.29 is 4.79 Å². The molecule has 0 saturated heterocycles. The number of aromatic nitrogens is 3. The van der Waals surface area contributed by atoms with Crippen molar-refractivity contribution in [3.8, 4) is 0 Å². The molecule has 1 amide bonds. The quantitative estimate of drug-likeness (QED) is 0.910. The molecule has 2 N–H and O–H groups in total. The molecule has 0 aliphatic rings. The summed E-state index contributed by atoms with van der Waals surface area (Å²) < 4.78 is 0. The van der Waals surface area contributed by atoms with Crippen LogP contribution in [-0.2, 0) is 6.42 Å². The molecule has 2 rings (SSSR count). The Morgan fingerprint density at radius 3 is 2.89 bits per heavy atom. The number of hydrogen-bond acceptors (Lipinski definition) is 3. The zero-order valence-electron chi connectivity index (χ0n) is 9.50. The van der Waals surface area contributed by atoms with Crippen molar-refractivity contribution in [1.29, 1.82) is 0 Å². The summed E-state index contributed by atoms with van der Waals surface area (Å²) >= 11 is 11.8. The van der Waals surface area contributed by atoms with Crippen molar-refractivity contribution in [1.82, 2.24) is 15.2 Å². The second-order valence-electron chi connectivity index (χ2n) is 3.51. The Balaban J connectivity index is 2.18. The number of amides is 1. The first kappa shape index (κ1) is 12.9. The molecule has 7 heteroatoms. The predicted molar refractivity (Wildman–Crippen MR) is 70.2 cm³/mol.